The minimum absolute atomic E-state index is 0.547. The third kappa shape index (κ3) is 4.43. The summed E-state index contributed by atoms with van der Waals surface area (Å²) in [7, 11) is 0. The number of aromatic nitrogens is 1. The zero-order valence-corrected chi connectivity index (χ0v) is 12.7. The van der Waals surface area contributed by atoms with E-state index < -0.39 is 0 Å². The largest absolute Gasteiger partial charge is 0.473 e. The van der Waals surface area contributed by atoms with Crippen molar-refractivity contribution in [3.8, 4) is 5.88 Å². The van der Waals surface area contributed by atoms with Crippen molar-refractivity contribution in [1.29, 1.82) is 0 Å². The number of ether oxygens (including phenoxy) is 2. The van der Waals surface area contributed by atoms with Crippen molar-refractivity contribution in [2.45, 2.75) is 19.4 Å². The normalized spacial score (nSPS) is 16.0. The second-order valence-electron chi connectivity index (χ2n) is 5.51. The fourth-order valence-corrected chi connectivity index (χ4v) is 2.46. The van der Waals surface area contributed by atoms with E-state index in [-0.39, 0.29) is 0 Å². The van der Waals surface area contributed by atoms with Gasteiger partial charge in [0.2, 0.25) is 5.88 Å². The van der Waals surface area contributed by atoms with Crippen molar-refractivity contribution in [2.24, 2.45) is 5.92 Å². The molecule has 2 heterocycles. The highest BCUT2D eigenvalue weighted by molar-refractivity contribution is 5.48. The van der Waals surface area contributed by atoms with Gasteiger partial charge in [0.05, 0.1) is 0 Å². The van der Waals surface area contributed by atoms with Crippen molar-refractivity contribution < 1.29 is 9.47 Å². The Hall–Kier alpha value is -2.13. The maximum absolute atomic E-state index is 5.69. The highest BCUT2D eigenvalue weighted by atomic mass is 16.5. The highest BCUT2D eigenvalue weighted by Gasteiger charge is 2.09. The Morgan fingerprint density at radius 1 is 1.09 bits per heavy atom. The van der Waals surface area contributed by atoms with Gasteiger partial charge in [-0.3, -0.25) is 0 Å². The molecule has 0 unspecified atom stereocenters. The molecule has 1 saturated heterocycles. The van der Waals surface area contributed by atoms with Gasteiger partial charge in [0.1, 0.15) is 6.61 Å². The lowest BCUT2D eigenvalue weighted by Gasteiger charge is -2.18. The van der Waals surface area contributed by atoms with Gasteiger partial charge in [0, 0.05) is 25.5 Å². The summed E-state index contributed by atoms with van der Waals surface area (Å²) >= 11 is 0. The predicted molar refractivity (Wildman–Crippen MR) is 87.6 cm³/mol. The van der Waals surface area contributed by atoms with Crippen LogP contribution in [0, 0.1) is 5.92 Å². The lowest BCUT2D eigenvalue weighted by Crippen LogP contribution is -2.13. The summed E-state index contributed by atoms with van der Waals surface area (Å²) in [6.07, 6.45) is 8.49. The monoisotopic (exact) mass is 295 g/mol. The van der Waals surface area contributed by atoms with Crippen LogP contribution >= 0.6 is 0 Å². The third-order valence-corrected chi connectivity index (χ3v) is 3.82. The second kappa shape index (κ2) is 7.76. The van der Waals surface area contributed by atoms with E-state index in [9.17, 15) is 0 Å². The van der Waals surface area contributed by atoms with E-state index in [0.29, 0.717) is 18.4 Å². The van der Waals surface area contributed by atoms with Gasteiger partial charge in [-0.05, 0) is 36.0 Å². The van der Waals surface area contributed by atoms with Crippen LogP contribution in [0.15, 0.2) is 54.7 Å². The SMILES string of the molecule is C(=C\C1CCOCC1)/c1ccc(OCc2ccccc2)nc1. The Kier molecular flexibility index (Phi) is 5.22. The third-order valence-electron chi connectivity index (χ3n) is 3.82. The number of rotatable bonds is 5. The van der Waals surface area contributed by atoms with Crippen LogP contribution < -0.4 is 4.74 Å². The van der Waals surface area contributed by atoms with Crippen LogP contribution in [0.2, 0.25) is 0 Å². The van der Waals surface area contributed by atoms with Crippen molar-refractivity contribution in [1.82, 2.24) is 4.98 Å². The van der Waals surface area contributed by atoms with Gasteiger partial charge in [-0.2, -0.15) is 0 Å². The Bertz CT molecular complexity index is 587. The lowest BCUT2D eigenvalue weighted by molar-refractivity contribution is 0.0787. The molecule has 0 spiro atoms. The summed E-state index contributed by atoms with van der Waals surface area (Å²) in [5.41, 5.74) is 2.26. The fraction of sp³-hybridized carbons (Fsp3) is 0.316. The molecule has 1 aromatic carbocycles. The smallest absolute Gasteiger partial charge is 0.213 e. The van der Waals surface area contributed by atoms with Crippen LogP contribution in [-0.2, 0) is 11.3 Å². The van der Waals surface area contributed by atoms with E-state index in [0.717, 1.165) is 37.2 Å². The molecule has 0 N–H and O–H groups in total. The van der Waals surface area contributed by atoms with E-state index in [1.54, 1.807) is 0 Å². The average Bonchev–Trinajstić information content (AvgIpc) is 2.61. The number of pyridine rings is 1. The van der Waals surface area contributed by atoms with Gasteiger partial charge in [-0.1, -0.05) is 42.5 Å². The van der Waals surface area contributed by atoms with E-state index in [1.807, 2.05) is 48.7 Å². The molecule has 0 saturated carbocycles. The van der Waals surface area contributed by atoms with Crippen LogP contribution in [0.3, 0.4) is 0 Å². The summed E-state index contributed by atoms with van der Waals surface area (Å²) in [4.78, 5) is 4.36. The van der Waals surface area contributed by atoms with Gasteiger partial charge in [-0.15, -0.1) is 0 Å². The molecule has 1 aromatic heterocycles. The van der Waals surface area contributed by atoms with Crippen molar-refractivity contribution in [2.75, 3.05) is 13.2 Å². The van der Waals surface area contributed by atoms with Gasteiger partial charge >= 0.3 is 0 Å². The average molecular weight is 295 g/mol. The van der Waals surface area contributed by atoms with Crippen LogP contribution in [-0.4, -0.2) is 18.2 Å². The first-order valence-corrected chi connectivity index (χ1v) is 7.79. The lowest BCUT2D eigenvalue weighted by atomic mass is 9.99. The Morgan fingerprint density at radius 2 is 1.91 bits per heavy atom. The molecule has 114 valence electrons. The maximum Gasteiger partial charge on any atom is 0.213 e. The Balaban J connectivity index is 1.52. The molecule has 22 heavy (non-hydrogen) atoms. The highest BCUT2D eigenvalue weighted by Crippen LogP contribution is 2.18. The van der Waals surface area contributed by atoms with Gasteiger partial charge in [0.25, 0.3) is 0 Å². The van der Waals surface area contributed by atoms with Crippen molar-refractivity contribution in [3.63, 3.8) is 0 Å². The minimum atomic E-state index is 0.547. The minimum Gasteiger partial charge on any atom is -0.473 e. The number of allylic oxidation sites excluding steroid dienone is 1. The van der Waals surface area contributed by atoms with Crippen LogP contribution in [0.1, 0.15) is 24.0 Å². The predicted octanol–water partition coefficient (Wildman–Crippen LogP) is 4.10. The van der Waals surface area contributed by atoms with E-state index >= 15 is 0 Å². The summed E-state index contributed by atoms with van der Waals surface area (Å²) in [5, 5.41) is 0. The summed E-state index contributed by atoms with van der Waals surface area (Å²) in [6, 6.07) is 14.1. The quantitative estimate of drug-likeness (QED) is 0.832. The topological polar surface area (TPSA) is 31.4 Å². The maximum atomic E-state index is 5.69. The summed E-state index contributed by atoms with van der Waals surface area (Å²) < 4.78 is 11.1. The van der Waals surface area contributed by atoms with Gasteiger partial charge in [0.15, 0.2) is 0 Å². The van der Waals surface area contributed by atoms with E-state index in [2.05, 4.69) is 17.1 Å². The standard InChI is InChI=1S/C19H21NO2/c1-2-4-18(5-3-1)15-22-19-9-8-17(14-20-19)7-6-16-10-12-21-13-11-16/h1-9,14,16H,10-13,15H2/b7-6+. The van der Waals surface area contributed by atoms with E-state index in [1.165, 1.54) is 0 Å². The first-order chi connectivity index (χ1) is 10.9. The van der Waals surface area contributed by atoms with Gasteiger partial charge < -0.3 is 9.47 Å². The summed E-state index contributed by atoms with van der Waals surface area (Å²) in [5.74, 6) is 1.29. The Morgan fingerprint density at radius 3 is 2.64 bits per heavy atom. The molecular formula is C19H21NO2. The molecule has 1 aliphatic rings. The molecule has 0 radical (unpaired) electrons. The number of nitrogens with zero attached hydrogens (tertiary/aromatic N) is 1. The van der Waals surface area contributed by atoms with Crippen LogP contribution in [0.5, 0.6) is 5.88 Å². The first kappa shape index (κ1) is 14.8. The van der Waals surface area contributed by atoms with E-state index in [4.69, 9.17) is 9.47 Å². The zero-order valence-electron chi connectivity index (χ0n) is 12.7. The van der Waals surface area contributed by atoms with Crippen molar-refractivity contribution in [3.05, 3.63) is 65.9 Å². The molecule has 3 nitrogen and oxygen atoms in total. The number of hydrogen-bond acceptors (Lipinski definition) is 3. The molecule has 1 fully saturated rings. The summed E-state index contributed by atoms with van der Waals surface area (Å²) in [6.45, 7) is 2.30. The molecule has 0 amide bonds. The molecule has 2 aromatic rings. The van der Waals surface area contributed by atoms with Crippen LogP contribution in [0.4, 0.5) is 0 Å². The molecule has 0 bridgehead atoms. The Labute approximate surface area is 131 Å². The molecular weight excluding hydrogens is 274 g/mol. The molecule has 1 aliphatic heterocycles. The fourth-order valence-electron chi connectivity index (χ4n) is 2.46. The second-order valence-corrected chi connectivity index (χ2v) is 5.51. The molecule has 3 heteroatoms. The molecule has 0 atom stereocenters. The van der Waals surface area contributed by atoms with Gasteiger partial charge in [-0.25, -0.2) is 4.98 Å². The van der Waals surface area contributed by atoms with Crippen LogP contribution in [0.25, 0.3) is 6.08 Å². The number of benzene rings is 1. The van der Waals surface area contributed by atoms with Crippen molar-refractivity contribution >= 4 is 6.08 Å². The molecule has 0 aliphatic carbocycles. The zero-order chi connectivity index (χ0) is 15.0. The first-order valence-electron chi connectivity index (χ1n) is 7.79. The number of hydrogen-bond donors (Lipinski definition) is 0. The molecule has 3 rings (SSSR count).